The molecule has 0 spiro atoms. The quantitative estimate of drug-likeness (QED) is 0.750. The Morgan fingerprint density at radius 3 is 2.83 bits per heavy atom. The summed E-state index contributed by atoms with van der Waals surface area (Å²) in [6, 6.07) is -0.576. The largest absolute Gasteiger partial charge is 0.416 e. The van der Waals surface area contributed by atoms with Crippen molar-refractivity contribution in [1.82, 2.24) is 20.4 Å². The first-order valence-corrected chi connectivity index (χ1v) is 7.99. The summed E-state index contributed by atoms with van der Waals surface area (Å²) < 4.78 is 5.42. The van der Waals surface area contributed by atoms with Crippen LogP contribution in [0.3, 0.4) is 0 Å². The number of nitrogens with one attached hydrogen (secondary N) is 1. The second kappa shape index (κ2) is 7.36. The third kappa shape index (κ3) is 4.15. The van der Waals surface area contributed by atoms with Crippen molar-refractivity contribution in [2.24, 2.45) is 10.9 Å². The summed E-state index contributed by atoms with van der Waals surface area (Å²) in [7, 11) is 1.38. The highest BCUT2D eigenvalue weighted by molar-refractivity contribution is 7.99. The molecule has 1 aliphatic heterocycles. The summed E-state index contributed by atoms with van der Waals surface area (Å²) >= 11 is 1.12. The van der Waals surface area contributed by atoms with Crippen LogP contribution in [0.15, 0.2) is 14.6 Å². The summed E-state index contributed by atoms with van der Waals surface area (Å²) in [5.74, 6) is -0.631. The van der Waals surface area contributed by atoms with Gasteiger partial charge in [0.1, 0.15) is 0 Å². The normalized spacial score (nSPS) is 18.1. The van der Waals surface area contributed by atoms with Crippen LogP contribution in [-0.4, -0.2) is 58.0 Å². The topological polar surface area (TPSA) is 118 Å². The lowest BCUT2D eigenvalue weighted by Gasteiger charge is -2.24. The van der Waals surface area contributed by atoms with Gasteiger partial charge in [0.05, 0.1) is 11.7 Å². The highest BCUT2D eigenvalue weighted by Crippen LogP contribution is 2.21. The third-order valence-corrected chi connectivity index (χ3v) is 4.04. The van der Waals surface area contributed by atoms with E-state index in [4.69, 9.17) is 4.42 Å². The minimum Gasteiger partial charge on any atom is -0.416 e. The number of hydrogen-bond donors (Lipinski definition) is 1. The summed E-state index contributed by atoms with van der Waals surface area (Å²) in [4.78, 5) is 39.7. The number of nitrogens with zero attached hydrogens (tertiary/aromatic N) is 4. The van der Waals surface area contributed by atoms with Gasteiger partial charge >= 0.3 is 6.03 Å². The average Bonchev–Trinajstić information content (AvgIpc) is 2.95. The van der Waals surface area contributed by atoms with Crippen LogP contribution in [0.2, 0.25) is 0 Å². The van der Waals surface area contributed by atoms with Crippen LogP contribution < -0.4 is 5.32 Å². The minimum atomic E-state index is -0.598. The summed E-state index contributed by atoms with van der Waals surface area (Å²) in [6.45, 7) is 4.01. The van der Waals surface area contributed by atoms with Crippen molar-refractivity contribution < 1.29 is 18.8 Å². The van der Waals surface area contributed by atoms with Gasteiger partial charge in [0.2, 0.25) is 17.7 Å². The fourth-order valence-electron chi connectivity index (χ4n) is 1.97. The number of carbonyl (C=O) groups excluding carboxylic acids is 3. The molecule has 0 saturated heterocycles. The summed E-state index contributed by atoms with van der Waals surface area (Å²) in [5, 5.41) is 10.6. The van der Waals surface area contributed by atoms with Crippen molar-refractivity contribution in [1.29, 1.82) is 0 Å². The number of hydrogen-bond acceptors (Lipinski definition) is 7. The van der Waals surface area contributed by atoms with Crippen molar-refractivity contribution in [3.8, 4) is 0 Å². The number of imide groups is 1. The molecule has 23 heavy (non-hydrogen) atoms. The smallest absolute Gasteiger partial charge is 0.349 e. The van der Waals surface area contributed by atoms with Gasteiger partial charge in [-0.25, -0.2) is 9.79 Å². The third-order valence-electron chi connectivity index (χ3n) is 3.22. The Hall–Kier alpha value is -2.23. The first-order valence-electron chi connectivity index (χ1n) is 7.01. The van der Waals surface area contributed by atoms with Gasteiger partial charge < -0.3 is 9.73 Å². The lowest BCUT2D eigenvalue weighted by atomic mass is 9.97. The average molecular weight is 339 g/mol. The molecular formula is C13H17N5O4S. The van der Waals surface area contributed by atoms with Gasteiger partial charge in [-0.05, 0) is 13.8 Å². The standard InChI is InChI=1S/C13H17N5O4S/c1-4-14-9(19)6-23-13-17-16-10(22-13)5-8-7(2)15-12(21)18(3)11(8)20/h8H,4-6H2,1-3H3,(H,14,19). The Bertz CT molecular complexity index is 657. The second-order valence-electron chi connectivity index (χ2n) is 4.89. The van der Waals surface area contributed by atoms with Gasteiger partial charge in [-0.1, -0.05) is 11.8 Å². The molecule has 4 amide bonds. The Kier molecular flexibility index (Phi) is 5.48. The molecule has 2 rings (SSSR count). The van der Waals surface area contributed by atoms with Crippen LogP contribution >= 0.6 is 11.8 Å². The molecule has 124 valence electrons. The number of urea groups is 1. The van der Waals surface area contributed by atoms with E-state index in [-0.39, 0.29) is 35.1 Å². The minimum absolute atomic E-state index is 0.122. The summed E-state index contributed by atoms with van der Waals surface area (Å²) in [6.07, 6.45) is 0.167. The second-order valence-corrected chi connectivity index (χ2v) is 5.82. The zero-order chi connectivity index (χ0) is 17.0. The van der Waals surface area contributed by atoms with Crippen molar-refractivity contribution in [3.05, 3.63) is 5.89 Å². The lowest BCUT2D eigenvalue weighted by molar-refractivity contribution is -0.129. The number of amides is 4. The molecule has 0 fully saturated rings. The van der Waals surface area contributed by atoms with E-state index >= 15 is 0 Å². The van der Waals surface area contributed by atoms with E-state index in [2.05, 4.69) is 20.5 Å². The molecule has 10 heteroatoms. The zero-order valence-electron chi connectivity index (χ0n) is 13.0. The number of carbonyl (C=O) groups is 3. The van der Waals surface area contributed by atoms with E-state index in [1.165, 1.54) is 7.05 Å². The van der Waals surface area contributed by atoms with E-state index < -0.39 is 11.9 Å². The molecule has 0 bridgehead atoms. The van der Waals surface area contributed by atoms with E-state index in [9.17, 15) is 14.4 Å². The molecule has 1 N–H and O–H groups in total. The van der Waals surface area contributed by atoms with Gasteiger partial charge in [0.25, 0.3) is 5.22 Å². The van der Waals surface area contributed by atoms with Crippen LogP contribution in [0.4, 0.5) is 4.79 Å². The van der Waals surface area contributed by atoms with E-state index in [0.717, 1.165) is 16.7 Å². The highest BCUT2D eigenvalue weighted by atomic mass is 32.2. The predicted molar refractivity (Wildman–Crippen MR) is 82.2 cm³/mol. The number of aliphatic imine (C=N–C) groups is 1. The summed E-state index contributed by atoms with van der Waals surface area (Å²) in [5.41, 5.74) is 0.424. The van der Waals surface area contributed by atoms with Crippen LogP contribution in [-0.2, 0) is 16.0 Å². The number of aromatic nitrogens is 2. The fraction of sp³-hybridized carbons (Fsp3) is 0.538. The molecule has 1 aromatic rings. The molecule has 0 aromatic carbocycles. The molecule has 2 heterocycles. The van der Waals surface area contributed by atoms with E-state index in [1.807, 2.05) is 6.92 Å². The van der Waals surface area contributed by atoms with Gasteiger partial charge in [-0.15, -0.1) is 10.2 Å². The van der Waals surface area contributed by atoms with Crippen molar-refractivity contribution in [2.45, 2.75) is 25.5 Å². The SMILES string of the molecule is CCNC(=O)CSc1nnc(CC2C(=O)N(C)C(=O)N=C2C)o1. The maximum Gasteiger partial charge on any atom is 0.349 e. The van der Waals surface area contributed by atoms with Crippen LogP contribution in [0, 0.1) is 5.92 Å². The zero-order valence-corrected chi connectivity index (χ0v) is 13.8. The van der Waals surface area contributed by atoms with Crippen molar-refractivity contribution in [3.63, 3.8) is 0 Å². The molecule has 0 radical (unpaired) electrons. The molecule has 1 unspecified atom stereocenters. The van der Waals surface area contributed by atoms with Gasteiger partial charge in [0.15, 0.2) is 0 Å². The molecular weight excluding hydrogens is 322 g/mol. The van der Waals surface area contributed by atoms with Crippen LogP contribution in [0.5, 0.6) is 0 Å². The first-order chi connectivity index (χ1) is 10.9. The maximum absolute atomic E-state index is 12.1. The molecule has 1 atom stereocenters. The first kappa shape index (κ1) is 17.1. The maximum atomic E-state index is 12.1. The molecule has 1 aliphatic rings. The van der Waals surface area contributed by atoms with Crippen LogP contribution in [0.1, 0.15) is 19.7 Å². The monoisotopic (exact) mass is 339 g/mol. The van der Waals surface area contributed by atoms with Crippen molar-refractivity contribution in [2.75, 3.05) is 19.3 Å². The van der Waals surface area contributed by atoms with E-state index in [1.54, 1.807) is 6.92 Å². The Balaban J connectivity index is 1.99. The number of rotatable bonds is 6. The predicted octanol–water partition coefficient (Wildman–Crippen LogP) is 0.509. The lowest BCUT2D eigenvalue weighted by Crippen LogP contribution is -2.44. The number of thioether (sulfide) groups is 1. The Morgan fingerprint density at radius 1 is 1.39 bits per heavy atom. The van der Waals surface area contributed by atoms with Gasteiger partial charge in [-0.2, -0.15) is 0 Å². The van der Waals surface area contributed by atoms with E-state index in [0.29, 0.717) is 12.3 Å². The highest BCUT2D eigenvalue weighted by Gasteiger charge is 2.34. The van der Waals surface area contributed by atoms with Crippen LogP contribution in [0.25, 0.3) is 0 Å². The van der Waals surface area contributed by atoms with Gasteiger partial charge in [-0.3, -0.25) is 14.5 Å². The Morgan fingerprint density at radius 2 is 2.13 bits per heavy atom. The van der Waals surface area contributed by atoms with Crippen molar-refractivity contribution >= 4 is 35.3 Å². The fourth-order valence-corrected chi connectivity index (χ4v) is 2.58. The Labute approximate surface area is 136 Å². The molecule has 0 aliphatic carbocycles. The molecule has 1 aromatic heterocycles. The molecule has 0 saturated carbocycles. The van der Waals surface area contributed by atoms with Gasteiger partial charge in [0, 0.05) is 25.7 Å². The molecule has 9 nitrogen and oxygen atoms in total.